The van der Waals surface area contributed by atoms with E-state index in [0.717, 1.165) is 37.1 Å². The van der Waals surface area contributed by atoms with Crippen LogP contribution in [0.2, 0.25) is 0 Å². The summed E-state index contributed by atoms with van der Waals surface area (Å²) in [7, 11) is 0. The van der Waals surface area contributed by atoms with Crippen molar-refractivity contribution in [2.45, 2.75) is 40.0 Å². The van der Waals surface area contributed by atoms with Gasteiger partial charge in [-0.1, -0.05) is 13.8 Å². The van der Waals surface area contributed by atoms with Gasteiger partial charge in [0.05, 0.1) is 0 Å². The maximum absolute atomic E-state index is 4.56. The second-order valence-corrected chi connectivity index (χ2v) is 5.48. The van der Waals surface area contributed by atoms with Gasteiger partial charge >= 0.3 is 0 Å². The summed E-state index contributed by atoms with van der Waals surface area (Å²) in [6.07, 6.45) is 3.90. The molecular formula is C14H24N4. The Kier molecular flexibility index (Phi) is 4.39. The van der Waals surface area contributed by atoms with Crippen LogP contribution in [0.15, 0.2) is 6.07 Å². The molecule has 0 bridgehead atoms. The van der Waals surface area contributed by atoms with Gasteiger partial charge in [-0.3, -0.25) is 0 Å². The molecule has 0 amide bonds. The lowest BCUT2D eigenvalue weighted by Gasteiger charge is -2.28. The van der Waals surface area contributed by atoms with Crippen LogP contribution in [0.1, 0.15) is 38.9 Å². The normalized spacial score (nSPS) is 16.1. The summed E-state index contributed by atoms with van der Waals surface area (Å²) in [5, 5.41) is 3.39. The zero-order chi connectivity index (χ0) is 13.0. The van der Waals surface area contributed by atoms with E-state index in [-0.39, 0.29) is 0 Å². The van der Waals surface area contributed by atoms with Gasteiger partial charge in [-0.2, -0.15) is 0 Å². The Bertz CT molecular complexity index is 383. The van der Waals surface area contributed by atoms with Crippen molar-refractivity contribution >= 4 is 11.6 Å². The first-order valence-electron chi connectivity index (χ1n) is 6.99. The van der Waals surface area contributed by atoms with Crippen LogP contribution in [-0.4, -0.2) is 29.6 Å². The molecule has 1 saturated heterocycles. The van der Waals surface area contributed by atoms with Gasteiger partial charge in [0.1, 0.15) is 17.5 Å². The highest BCUT2D eigenvalue weighted by Gasteiger charge is 2.13. The van der Waals surface area contributed by atoms with Gasteiger partial charge in [0.25, 0.3) is 0 Å². The quantitative estimate of drug-likeness (QED) is 0.889. The fourth-order valence-electron chi connectivity index (χ4n) is 2.24. The Morgan fingerprint density at radius 2 is 1.94 bits per heavy atom. The van der Waals surface area contributed by atoms with Gasteiger partial charge < -0.3 is 10.2 Å². The molecule has 0 spiro atoms. The molecule has 4 heteroatoms. The number of aryl methyl sites for hydroxylation is 1. The van der Waals surface area contributed by atoms with Crippen molar-refractivity contribution in [2.75, 3.05) is 29.9 Å². The van der Waals surface area contributed by atoms with E-state index in [9.17, 15) is 0 Å². The van der Waals surface area contributed by atoms with E-state index in [0.29, 0.717) is 5.92 Å². The molecule has 1 aliphatic heterocycles. The Morgan fingerprint density at radius 1 is 1.22 bits per heavy atom. The summed E-state index contributed by atoms with van der Waals surface area (Å²) in [6, 6.07) is 2.08. The van der Waals surface area contributed by atoms with E-state index in [1.54, 1.807) is 0 Å². The van der Waals surface area contributed by atoms with Gasteiger partial charge in [0, 0.05) is 25.7 Å². The molecular weight excluding hydrogens is 224 g/mol. The van der Waals surface area contributed by atoms with Gasteiger partial charge in [0.15, 0.2) is 0 Å². The first-order valence-corrected chi connectivity index (χ1v) is 6.99. The van der Waals surface area contributed by atoms with E-state index >= 15 is 0 Å². The highest BCUT2D eigenvalue weighted by molar-refractivity contribution is 5.49. The van der Waals surface area contributed by atoms with E-state index in [1.165, 1.54) is 19.3 Å². The molecule has 1 aromatic heterocycles. The number of hydrogen-bond donors (Lipinski definition) is 1. The van der Waals surface area contributed by atoms with Crippen molar-refractivity contribution in [3.8, 4) is 0 Å². The molecule has 1 N–H and O–H groups in total. The fourth-order valence-corrected chi connectivity index (χ4v) is 2.24. The molecule has 0 aliphatic carbocycles. The predicted octanol–water partition coefficient (Wildman–Crippen LogP) is 2.84. The van der Waals surface area contributed by atoms with Crippen molar-refractivity contribution in [2.24, 2.45) is 5.92 Å². The number of nitrogens with one attached hydrogen (secondary N) is 1. The number of anilines is 2. The molecule has 0 aromatic carbocycles. The van der Waals surface area contributed by atoms with Crippen molar-refractivity contribution in [3.63, 3.8) is 0 Å². The fraction of sp³-hybridized carbons (Fsp3) is 0.714. The van der Waals surface area contributed by atoms with Crippen LogP contribution in [-0.2, 0) is 0 Å². The highest BCUT2D eigenvalue weighted by atomic mass is 15.2. The maximum atomic E-state index is 4.56. The Hall–Kier alpha value is -1.32. The third-order valence-corrected chi connectivity index (χ3v) is 3.20. The van der Waals surface area contributed by atoms with Crippen LogP contribution < -0.4 is 10.2 Å². The van der Waals surface area contributed by atoms with Crippen molar-refractivity contribution in [1.82, 2.24) is 9.97 Å². The first kappa shape index (κ1) is 13.1. The average molecular weight is 248 g/mol. The number of aromatic nitrogens is 2. The topological polar surface area (TPSA) is 41.1 Å². The summed E-state index contributed by atoms with van der Waals surface area (Å²) in [6.45, 7) is 9.57. The van der Waals surface area contributed by atoms with Crippen molar-refractivity contribution in [3.05, 3.63) is 11.9 Å². The molecule has 2 heterocycles. The number of nitrogens with zero attached hydrogens (tertiary/aromatic N) is 3. The molecule has 1 aromatic rings. The molecule has 1 fully saturated rings. The smallest absolute Gasteiger partial charge is 0.134 e. The van der Waals surface area contributed by atoms with E-state index in [4.69, 9.17) is 0 Å². The zero-order valence-corrected chi connectivity index (χ0v) is 11.7. The van der Waals surface area contributed by atoms with Gasteiger partial charge in [0.2, 0.25) is 0 Å². The van der Waals surface area contributed by atoms with Crippen molar-refractivity contribution < 1.29 is 0 Å². The minimum Gasteiger partial charge on any atom is -0.370 e. The Labute approximate surface area is 110 Å². The number of hydrogen-bond acceptors (Lipinski definition) is 4. The monoisotopic (exact) mass is 248 g/mol. The molecule has 0 saturated carbocycles. The van der Waals surface area contributed by atoms with Crippen molar-refractivity contribution in [1.29, 1.82) is 0 Å². The minimum absolute atomic E-state index is 0.624. The minimum atomic E-state index is 0.624. The van der Waals surface area contributed by atoms with Crippen LogP contribution in [0, 0.1) is 12.8 Å². The molecule has 2 rings (SSSR count). The highest BCUT2D eigenvalue weighted by Crippen LogP contribution is 2.20. The average Bonchev–Trinajstić information content (AvgIpc) is 2.37. The molecule has 18 heavy (non-hydrogen) atoms. The van der Waals surface area contributed by atoms with Crippen LogP contribution in [0.3, 0.4) is 0 Å². The van der Waals surface area contributed by atoms with Crippen LogP contribution in [0.4, 0.5) is 11.6 Å². The summed E-state index contributed by atoms with van der Waals surface area (Å²) >= 11 is 0. The first-order chi connectivity index (χ1) is 8.65. The Balaban J connectivity index is 2.09. The van der Waals surface area contributed by atoms with Crippen LogP contribution in [0.5, 0.6) is 0 Å². The largest absolute Gasteiger partial charge is 0.370 e. The second kappa shape index (κ2) is 6.03. The predicted molar refractivity (Wildman–Crippen MR) is 76.2 cm³/mol. The number of rotatable bonds is 4. The van der Waals surface area contributed by atoms with Gasteiger partial charge in [-0.05, 0) is 32.1 Å². The second-order valence-electron chi connectivity index (χ2n) is 5.48. The summed E-state index contributed by atoms with van der Waals surface area (Å²) in [5.74, 6) is 3.51. The number of piperidine rings is 1. The standard InChI is InChI=1S/C14H24N4/c1-11(2)10-15-13-9-14(17-12(3)16-13)18-7-5-4-6-8-18/h9,11H,4-8,10H2,1-3H3,(H,15,16,17). The van der Waals surface area contributed by atoms with Gasteiger partial charge in [-0.15, -0.1) is 0 Å². The summed E-state index contributed by atoms with van der Waals surface area (Å²) in [4.78, 5) is 11.4. The van der Waals surface area contributed by atoms with Crippen LogP contribution >= 0.6 is 0 Å². The summed E-state index contributed by atoms with van der Waals surface area (Å²) < 4.78 is 0. The Morgan fingerprint density at radius 3 is 2.61 bits per heavy atom. The molecule has 0 atom stereocenters. The molecule has 4 nitrogen and oxygen atoms in total. The third-order valence-electron chi connectivity index (χ3n) is 3.20. The van der Waals surface area contributed by atoms with E-state index < -0.39 is 0 Å². The zero-order valence-electron chi connectivity index (χ0n) is 11.7. The molecule has 0 unspecified atom stereocenters. The van der Waals surface area contributed by atoms with E-state index in [2.05, 4.69) is 40.1 Å². The molecule has 1 aliphatic rings. The third kappa shape index (κ3) is 3.59. The lowest BCUT2D eigenvalue weighted by molar-refractivity contribution is 0.572. The van der Waals surface area contributed by atoms with Gasteiger partial charge in [-0.25, -0.2) is 9.97 Å². The SMILES string of the molecule is Cc1nc(NCC(C)C)cc(N2CCCCC2)n1. The maximum Gasteiger partial charge on any atom is 0.134 e. The lowest BCUT2D eigenvalue weighted by atomic mass is 10.1. The molecule has 100 valence electrons. The van der Waals surface area contributed by atoms with Crippen LogP contribution in [0.25, 0.3) is 0 Å². The summed E-state index contributed by atoms with van der Waals surface area (Å²) in [5.41, 5.74) is 0. The molecule has 0 radical (unpaired) electrons. The van der Waals surface area contributed by atoms with E-state index in [1.807, 2.05) is 6.92 Å². The lowest BCUT2D eigenvalue weighted by Crippen LogP contribution is -2.30.